The summed E-state index contributed by atoms with van der Waals surface area (Å²) >= 11 is 7.15. The van der Waals surface area contributed by atoms with E-state index in [-0.39, 0.29) is 18.0 Å². The summed E-state index contributed by atoms with van der Waals surface area (Å²) in [7, 11) is 0. The number of hydrogen-bond donors (Lipinski definition) is 1. The number of carbonyl (C=O) groups excluding carboxylic acids is 1. The minimum absolute atomic E-state index is 0.0792. The molecule has 0 spiro atoms. The van der Waals surface area contributed by atoms with Crippen LogP contribution >= 0.6 is 22.9 Å². The van der Waals surface area contributed by atoms with Crippen LogP contribution in [0, 0.1) is 6.92 Å². The Morgan fingerprint density at radius 3 is 2.79 bits per heavy atom. The van der Waals surface area contributed by atoms with Gasteiger partial charge < -0.3 is 14.8 Å². The van der Waals surface area contributed by atoms with E-state index in [1.165, 1.54) is 23.5 Å². The van der Waals surface area contributed by atoms with Crippen molar-refractivity contribution in [2.75, 3.05) is 5.32 Å². The Bertz CT molecular complexity index is 978. The summed E-state index contributed by atoms with van der Waals surface area (Å²) in [6, 6.07) is 13.4. The lowest BCUT2D eigenvalue weighted by Crippen LogP contribution is -2.13. The van der Waals surface area contributed by atoms with Gasteiger partial charge in [-0.1, -0.05) is 23.7 Å². The summed E-state index contributed by atoms with van der Waals surface area (Å²) in [6.45, 7) is -0.960. The van der Waals surface area contributed by atoms with Crippen molar-refractivity contribution in [1.29, 1.82) is 0 Å². The number of carbonyl (C=O) groups is 1. The van der Waals surface area contributed by atoms with Crippen molar-refractivity contribution in [3.05, 3.63) is 74.9 Å². The number of nitrogens with one attached hydrogen (secondary N) is 1. The fourth-order valence-electron chi connectivity index (χ4n) is 2.40. The smallest absolute Gasteiger partial charge is 0.387 e. The molecular weight excluding hydrogens is 408 g/mol. The summed E-state index contributed by atoms with van der Waals surface area (Å²) in [6.07, 6.45) is 0. The van der Waals surface area contributed by atoms with Crippen molar-refractivity contribution in [2.45, 2.75) is 20.1 Å². The van der Waals surface area contributed by atoms with Crippen LogP contribution in [0.3, 0.4) is 0 Å². The van der Waals surface area contributed by atoms with Crippen LogP contribution < -0.4 is 14.8 Å². The zero-order chi connectivity index (χ0) is 20.1. The molecule has 1 N–H and O–H groups in total. The first kappa shape index (κ1) is 20.1. The van der Waals surface area contributed by atoms with Crippen LogP contribution in [0.25, 0.3) is 0 Å². The molecular formula is C20H16ClF2NO3S. The van der Waals surface area contributed by atoms with E-state index >= 15 is 0 Å². The van der Waals surface area contributed by atoms with E-state index in [4.69, 9.17) is 16.3 Å². The molecule has 0 radical (unpaired) electrons. The second-order valence-electron chi connectivity index (χ2n) is 5.90. The highest BCUT2D eigenvalue weighted by Crippen LogP contribution is 2.28. The normalized spacial score (nSPS) is 10.8. The molecule has 8 heteroatoms. The SMILES string of the molecule is Cc1ccc(NC(=O)c2cc(COc3cccc(Cl)c3)cs2)c(OC(F)F)c1. The predicted molar refractivity (Wildman–Crippen MR) is 106 cm³/mol. The van der Waals surface area contributed by atoms with E-state index in [0.29, 0.717) is 15.6 Å². The molecule has 0 bridgehead atoms. The van der Waals surface area contributed by atoms with Crippen LogP contribution in [-0.2, 0) is 6.61 Å². The second-order valence-corrected chi connectivity index (χ2v) is 7.25. The number of alkyl halides is 2. The third-order valence-corrected chi connectivity index (χ3v) is 4.89. The van der Waals surface area contributed by atoms with Gasteiger partial charge in [-0.2, -0.15) is 8.78 Å². The quantitative estimate of drug-likeness (QED) is 0.496. The molecule has 0 aliphatic rings. The van der Waals surface area contributed by atoms with Gasteiger partial charge in [-0.15, -0.1) is 11.3 Å². The first-order valence-corrected chi connectivity index (χ1v) is 9.49. The molecule has 0 unspecified atom stereocenters. The van der Waals surface area contributed by atoms with Gasteiger partial charge in [-0.25, -0.2) is 0 Å². The van der Waals surface area contributed by atoms with Crippen LogP contribution in [0.5, 0.6) is 11.5 Å². The van der Waals surface area contributed by atoms with Crippen LogP contribution in [-0.4, -0.2) is 12.5 Å². The molecule has 0 fully saturated rings. The molecule has 0 saturated carbocycles. The van der Waals surface area contributed by atoms with Gasteiger partial charge in [-0.3, -0.25) is 4.79 Å². The number of anilines is 1. The zero-order valence-electron chi connectivity index (χ0n) is 14.7. The van der Waals surface area contributed by atoms with Gasteiger partial charge in [0.15, 0.2) is 0 Å². The Morgan fingerprint density at radius 2 is 2.04 bits per heavy atom. The van der Waals surface area contributed by atoms with Crippen molar-refractivity contribution >= 4 is 34.5 Å². The standard InChI is InChI=1S/C20H16ClF2NO3S/c1-12-5-6-16(17(7-12)27-20(22)23)24-19(25)18-8-13(11-28-18)10-26-15-4-2-3-14(21)9-15/h2-9,11,20H,10H2,1H3,(H,24,25). The lowest BCUT2D eigenvalue weighted by atomic mass is 10.2. The Morgan fingerprint density at radius 1 is 1.21 bits per heavy atom. The van der Waals surface area contributed by atoms with E-state index in [2.05, 4.69) is 10.1 Å². The van der Waals surface area contributed by atoms with Gasteiger partial charge in [0.1, 0.15) is 18.1 Å². The number of benzene rings is 2. The number of hydrogen-bond acceptors (Lipinski definition) is 4. The molecule has 1 amide bonds. The maximum Gasteiger partial charge on any atom is 0.387 e. The topological polar surface area (TPSA) is 47.6 Å². The van der Waals surface area contributed by atoms with Crippen molar-refractivity contribution in [3.63, 3.8) is 0 Å². The second kappa shape index (κ2) is 9.03. The lowest BCUT2D eigenvalue weighted by Gasteiger charge is -2.12. The zero-order valence-corrected chi connectivity index (χ0v) is 16.3. The number of aryl methyl sites for hydroxylation is 1. The largest absolute Gasteiger partial charge is 0.489 e. The van der Waals surface area contributed by atoms with Crippen LogP contribution in [0.1, 0.15) is 20.8 Å². The molecule has 4 nitrogen and oxygen atoms in total. The van der Waals surface area contributed by atoms with Crippen LogP contribution in [0.4, 0.5) is 14.5 Å². The van der Waals surface area contributed by atoms with Crippen LogP contribution in [0.15, 0.2) is 53.9 Å². The first-order valence-electron chi connectivity index (χ1n) is 8.23. The minimum Gasteiger partial charge on any atom is -0.489 e. The van der Waals surface area contributed by atoms with Crippen LogP contribution in [0.2, 0.25) is 5.02 Å². The van der Waals surface area contributed by atoms with Crippen molar-refractivity contribution in [3.8, 4) is 11.5 Å². The Labute approximate surface area is 169 Å². The van der Waals surface area contributed by atoms with E-state index in [1.807, 2.05) is 0 Å². The van der Waals surface area contributed by atoms with Gasteiger partial charge in [0.05, 0.1) is 10.6 Å². The highest BCUT2D eigenvalue weighted by molar-refractivity contribution is 7.12. The fourth-order valence-corrected chi connectivity index (χ4v) is 3.38. The maximum absolute atomic E-state index is 12.6. The summed E-state index contributed by atoms with van der Waals surface area (Å²) in [4.78, 5) is 12.9. The molecule has 146 valence electrons. The Balaban J connectivity index is 1.66. The Hall–Kier alpha value is -2.64. The number of ether oxygens (including phenoxy) is 2. The van der Waals surface area contributed by atoms with Crippen molar-refractivity contribution in [2.24, 2.45) is 0 Å². The van der Waals surface area contributed by atoms with Gasteiger partial charge in [-0.05, 0) is 54.3 Å². The van der Waals surface area contributed by atoms with E-state index in [9.17, 15) is 13.6 Å². The van der Waals surface area contributed by atoms with Crippen molar-refractivity contribution < 1.29 is 23.0 Å². The molecule has 2 aromatic carbocycles. The molecule has 3 rings (SSSR count). The summed E-state index contributed by atoms with van der Waals surface area (Å²) < 4.78 is 35.3. The third kappa shape index (κ3) is 5.43. The molecule has 0 aliphatic heterocycles. The summed E-state index contributed by atoms with van der Waals surface area (Å²) in [5, 5.41) is 4.98. The average Bonchev–Trinajstić information content (AvgIpc) is 3.11. The van der Waals surface area contributed by atoms with Crippen molar-refractivity contribution in [1.82, 2.24) is 0 Å². The number of amides is 1. The monoisotopic (exact) mass is 423 g/mol. The lowest BCUT2D eigenvalue weighted by molar-refractivity contribution is -0.0494. The minimum atomic E-state index is -2.98. The molecule has 1 heterocycles. The van der Waals surface area contributed by atoms with E-state index in [0.717, 1.165) is 11.1 Å². The molecule has 0 aliphatic carbocycles. The molecule has 28 heavy (non-hydrogen) atoms. The number of thiophene rings is 1. The third-order valence-electron chi connectivity index (χ3n) is 3.68. The summed E-state index contributed by atoms with van der Waals surface area (Å²) in [5.41, 5.74) is 1.73. The molecule has 1 aromatic heterocycles. The molecule has 0 atom stereocenters. The number of rotatable bonds is 7. The van der Waals surface area contributed by atoms with Gasteiger partial charge in [0.25, 0.3) is 5.91 Å². The van der Waals surface area contributed by atoms with Gasteiger partial charge in [0, 0.05) is 10.6 Å². The van der Waals surface area contributed by atoms with Gasteiger partial charge in [0.2, 0.25) is 0 Å². The highest BCUT2D eigenvalue weighted by atomic mass is 35.5. The van der Waals surface area contributed by atoms with E-state index < -0.39 is 12.5 Å². The average molecular weight is 424 g/mol. The summed E-state index contributed by atoms with van der Waals surface area (Å²) in [5.74, 6) is 0.129. The van der Waals surface area contributed by atoms with Gasteiger partial charge >= 0.3 is 6.61 Å². The molecule has 0 saturated heterocycles. The Kier molecular flexibility index (Phi) is 6.49. The maximum atomic E-state index is 12.6. The fraction of sp³-hybridized carbons (Fsp3) is 0.150. The predicted octanol–water partition coefficient (Wildman–Crippen LogP) is 6.14. The van der Waals surface area contributed by atoms with E-state index in [1.54, 1.807) is 48.7 Å². The number of halogens is 3. The first-order chi connectivity index (χ1) is 13.4. The highest BCUT2D eigenvalue weighted by Gasteiger charge is 2.15. The molecule has 3 aromatic rings.